The second-order valence-corrected chi connectivity index (χ2v) is 11.7. The Labute approximate surface area is 241 Å². The Morgan fingerprint density at radius 3 is 2.58 bits per heavy atom. The van der Waals surface area contributed by atoms with Crippen LogP contribution < -0.4 is 20.9 Å². The van der Waals surface area contributed by atoms with Crippen molar-refractivity contribution in [2.75, 3.05) is 68.7 Å². The Morgan fingerprint density at radius 1 is 0.900 bits per heavy atom. The van der Waals surface area contributed by atoms with E-state index < -0.39 is 0 Å². The van der Waals surface area contributed by atoms with E-state index in [2.05, 4.69) is 63.5 Å². The van der Waals surface area contributed by atoms with Crippen molar-refractivity contribution >= 4 is 31.9 Å². The van der Waals surface area contributed by atoms with Crippen molar-refractivity contribution in [3.8, 4) is 0 Å². The van der Waals surface area contributed by atoms with Crippen LogP contribution in [-0.2, 0) is 13.1 Å². The summed E-state index contributed by atoms with van der Waals surface area (Å²) in [5.41, 5.74) is 1.86. The Hall–Kier alpha value is -2.39. The van der Waals surface area contributed by atoms with E-state index >= 15 is 0 Å². The van der Waals surface area contributed by atoms with E-state index in [0.29, 0.717) is 12.5 Å². The van der Waals surface area contributed by atoms with Crippen LogP contribution in [0.1, 0.15) is 50.6 Å². The van der Waals surface area contributed by atoms with Gasteiger partial charge in [0, 0.05) is 50.7 Å². The van der Waals surface area contributed by atoms with Crippen LogP contribution in [0.15, 0.2) is 30.5 Å². The molecule has 1 aliphatic carbocycles. The number of fused-ring (bicyclic) bond motifs is 1. The van der Waals surface area contributed by atoms with Gasteiger partial charge in [-0.25, -0.2) is 4.98 Å². The van der Waals surface area contributed by atoms with Crippen molar-refractivity contribution in [2.24, 2.45) is 0 Å². The van der Waals surface area contributed by atoms with Gasteiger partial charge in [-0.3, -0.25) is 9.58 Å². The van der Waals surface area contributed by atoms with Gasteiger partial charge in [0.05, 0.1) is 18.3 Å². The molecule has 2 aliphatic rings. The van der Waals surface area contributed by atoms with Gasteiger partial charge in [-0.05, 0) is 63.6 Å². The highest BCUT2D eigenvalue weighted by atomic mass is 31.0. The number of para-hydroxylation sites is 1. The van der Waals surface area contributed by atoms with Gasteiger partial charge in [-0.1, -0.05) is 36.6 Å². The van der Waals surface area contributed by atoms with E-state index in [1.165, 1.54) is 38.5 Å². The summed E-state index contributed by atoms with van der Waals surface area (Å²) in [5, 5.41) is 20.5. The first-order chi connectivity index (χ1) is 19.8. The lowest BCUT2D eigenvalue weighted by atomic mass is 9.95. The molecule has 2 fully saturated rings. The molecule has 11 heteroatoms. The fraction of sp³-hybridized carbons (Fsp3) is 0.655. The number of benzene rings is 1. The normalized spacial score (nSPS) is 17.1. The summed E-state index contributed by atoms with van der Waals surface area (Å²) in [6.45, 7) is 9.80. The number of nitrogens with one attached hydrogen (secondary N) is 3. The largest absolute Gasteiger partial charge is 0.353 e. The van der Waals surface area contributed by atoms with Crippen molar-refractivity contribution in [2.45, 2.75) is 64.1 Å². The van der Waals surface area contributed by atoms with Gasteiger partial charge in [0.2, 0.25) is 5.95 Å². The average Bonchev–Trinajstić information content (AvgIpc) is 3.46. The van der Waals surface area contributed by atoms with Gasteiger partial charge in [0.15, 0.2) is 0 Å². The van der Waals surface area contributed by atoms with Crippen molar-refractivity contribution in [1.29, 1.82) is 0 Å². The Morgan fingerprint density at radius 2 is 1.73 bits per heavy atom. The van der Waals surface area contributed by atoms with Crippen LogP contribution in [0.2, 0.25) is 0 Å². The van der Waals surface area contributed by atoms with Crippen molar-refractivity contribution in [1.82, 2.24) is 40.5 Å². The third kappa shape index (κ3) is 8.56. The lowest BCUT2D eigenvalue weighted by molar-refractivity contribution is 0.273. The summed E-state index contributed by atoms with van der Waals surface area (Å²) in [7, 11) is 2.83. The minimum atomic E-state index is 0.548. The molecule has 0 radical (unpaired) electrons. The molecule has 1 aromatic carbocycles. The fourth-order valence-electron chi connectivity index (χ4n) is 5.76. The summed E-state index contributed by atoms with van der Waals surface area (Å²) in [6, 6.07) is 9.04. The summed E-state index contributed by atoms with van der Waals surface area (Å²) < 4.78 is 1.93. The molecule has 1 aliphatic heterocycles. The Balaban J connectivity index is 1.05. The second kappa shape index (κ2) is 15.6. The lowest BCUT2D eigenvalue weighted by Gasteiger charge is -2.35. The maximum atomic E-state index is 4.95. The standard InChI is InChI=1S/C29H47N10P/c40-21-20-37-16-18-38(19-17-37)28-26-10-4-5-11-27(26)33-29(34-28)32-22-25-23-39(36-35-25)15-7-13-30-12-6-14-31-24-8-2-1-3-9-24/h4-5,10-11,23-24,30-31H,1-3,6-9,12-22,40H2,(H,32,33,34). The lowest BCUT2D eigenvalue weighted by Crippen LogP contribution is -2.47. The van der Waals surface area contributed by atoms with Crippen molar-refractivity contribution in [3.63, 3.8) is 0 Å². The van der Waals surface area contributed by atoms with Gasteiger partial charge in [0.1, 0.15) is 11.5 Å². The number of hydrogen-bond donors (Lipinski definition) is 3. The molecular formula is C29H47N10P. The van der Waals surface area contributed by atoms with Crippen LogP contribution in [0, 0.1) is 0 Å². The highest BCUT2D eigenvalue weighted by Gasteiger charge is 2.20. The van der Waals surface area contributed by atoms with E-state index in [9.17, 15) is 0 Å². The quantitative estimate of drug-likeness (QED) is 0.189. The number of nitrogens with zero attached hydrogens (tertiary/aromatic N) is 7. The van der Waals surface area contributed by atoms with Crippen molar-refractivity contribution < 1.29 is 0 Å². The number of rotatable bonds is 15. The molecule has 1 atom stereocenters. The molecule has 10 nitrogen and oxygen atoms in total. The summed E-state index contributed by atoms with van der Waals surface area (Å²) in [6.07, 6.45) is 12.3. The molecule has 3 N–H and O–H groups in total. The van der Waals surface area contributed by atoms with Gasteiger partial charge in [-0.15, -0.1) is 14.3 Å². The van der Waals surface area contributed by atoms with E-state index in [1.807, 2.05) is 16.9 Å². The number of aryl methyl sites for hydroxylation is 1. The maximum absolute atomic E-state index is 4.95. The predicted octanol–water partition coefficient (Wildman–Crippen LogP) is 3.12. The molecule has 1 saturated carbocycles. The van der Waals surface area contributed by atoms with Gasteiger partial charge >= 0.3 is 0 Å². The maximum Gasteiger partial charge on any atom is 0.225 e. The van der Waals surface area contributed by atoms with Crippen LogP contribution in [0.5, 0.6) is 0 Å². The van der Waals surface area contributed by atoms with Crippen LogP contribution in [0.4, 0.5) is 11.8 Å². The van der Waals surface area contributed by atoms with Gasteiger partial charge < -0.3 is 20.9 Å². The first-order valence-corrected chi connectivity index (χ1v) is 16.1. The average molecular weight is 567 g/mol. The van der Waals surface area contributed by atoms with Crippen LogP contribution in [-0.4, -0.2) is 94.4 Å². The minimum Gasteiger partial charge on any atom is -0.353 e. The Bertz CT molecular complexity index is 1160. The molecular weight excluding hydrogens is 519 g/mol. The monoisotopic (exact) mass is 566 g/mol. The third-order valence-electron chi connectivity index (χ3n) is 8.02. The number of anilines is 2. The zero-order valence-electron chi connectivity index (χ0n) is 23.9. The highest BCUT2D eigenvalue weighted by molar-refractivity contribution is 7.16. The molecule has 2 aromatic heterocycles. The minimum absolute atomic E-state index is 0.548. The van der Waals surface area contributed by atoms with Crippen LogP contribution in [0.3, 0.4) is 0 Å². The molecule has 3 aromatic rings. The molecule has 1 unspecified atom stereocenters. The fourth-order valence-corrected chi connectivity index (χ4v) is 6.13. The molecule has 5 rings (SSSR count). The van der Waals surface area contributed by atoms with Gasteiger partial charge in [0.25, 0.3) is 0 Å². The molecule has 3 heterocycles. The summed E-state index contributed by atoms with van der Waals surface area (Å²) in [5.74, 6) is 1.65. The van der Waals surface area contributed by atoms with E-state index in [0.717, 1.165) is 99.9 Å². The molecule has 218 valence electrons. The number of hydrogen-bond acceptors (Lipinski definition) is 9. The topological polar surface area (TPSA) is 99.1 Å². The van der Waals surface area contributed by atoms with Crippen LogP contribution >= 0.6 is 9.24 Å². The third-order valence-corrected chi connectivity index (χ3v) is 8.28. The highest BCUT2D eigenvalue weighted by Crippen LogP contribution is 2.26. The molecule has 0 spiro atoms. The SMILES string of the molecule is PCCN1CCN(c2nc(NCc3cn(CCCNCCCNC4CCCCC4)nn3)nc3ccccc23)CC1. The second-order valence-electron chi connectivity index (χ2n) is 11.1. The first-order valence-electron chi connectivity index (χ1n) is 15.3. The molecule has 0 amide bonds. The summed E-state index contributed by atoms with van der Waals surface area (Å²) >= 11 is 0. The van der Waals surface area contributed by atoms with Crippen molar-refractivity contribution in [3.05, 3.63) is 36.2 Å². The smallest absolute Gasteiger partial charge is 0.225 e. The first kappa shape index (κ1) is 29.1. The summed E-state index contributed by atoms with van der Waals surface area (Å²) in [4.78, 5) is 14.6. The molecule has 1 saturated heterocycles. The van der Waals surface area contributed by atoms with E-state index in [1.54, 1.807) is 0 Å². The Kier molecular flexibility index (Phi) is 11.3. The van der Waals surface area contributed by atoms with Gasteiger partial charge in [-0.2, -0.15) is 4.98 Å². The molecule has 0 bridgehead atoms. The van der Waals surface area contributed by atoms with Crippen LogP contribution in [0.25, 0.3) is 10.9 Å². The predicted molar refractivity (Wildman–Crippen MR) is 167 cm³/mol. The van der Waals surface area contributed by atoms with E-state index in [4.69, 9.17) is 9.97 Å². The zero-order valence-corrected chi connectivity index (χ0v) is 25.1. The number of piperazine rings is 1. The zero-order chi connectivity index (χ0) is 27.4. The molecule has 40 heavy (non-hydrogen) atoms. The van der Waals surface area contributed by atoms with E-state index in [-0.39, 0.29) is 0 Å². The number of aromatic nitrogens is 5.